The monoisotopic (exact) mass is 220 g/mol. The van der Waals surface area contributed by atoms with Crippen molar-refractivity contribution in [1.82, 2.24) is 5.32 Å². The van der Waals surface area contributed by atoms with E-state index in [4.69, 9.17) is 0 Å². The van der Waals surface area contributed by atoms with Crippen molar-refractivity contribution in [2.75, 3.05) is 31.6 Å². The zero-order valence-corrected chi connectivity index (χ0v) is 9.82. The van der Waals surface area contributed by atoms with Gasteiger partial charge in [0.05, 0.1) is 6.10 Å². The average Bonchev–Trinajstić information content (AvgIpc) is 2.83. The van der Waals surface area contributed by atoms with Gasteiger partial charge in [0.1, 0.15) is 0 Å². The van der Waals surface area contributed by atoms with Gasteiger partial charge >= 0.3 is 0 Å². The first kappa shape index (κ1) is 11.4. The van der Waals surface area contributed by atoms with Crippen LogP contribution in [0.5, 0.6) is 0 Å². The quantitative estimate of drug-likeness (QED) is 0.808. The Balaban J connectivity index is 2.03. The smallest absolute Gasteiger partial charge is 0.0914 e. The van der Waals surface area contributed by atoms with Crippen molar-refractivity contribution >= 4 is 5.69 Å². The molecular weight excluding hydrogens is 200 g/mol. The van der Waals surface area contributed by atoms with Crippen molar-refractivity contribution in [2.45, 2.75) is 18.9 Å². The van der Waals surface area contributed by atoms with Gasteiger partial charge in [-0.05, 0) is 37.6 Å². The summed E-state index contributed by atoms with van der Waals surface area (Å²) in [7, 11) is 1.85. The Bertz CT molecular complexity index is 317. The lowest BCUT2D eigenvalue weighted by Gasteiger charge is -2.18. The Labute approximate surface area is 97.1 Å². The van der Waals surface area contributed by atoms with Gasteiger partial charge in [-0.15, -0.1) is 0 Å². The molecule has 2 N–H and O–H groups in total. The van der Waals surface area contributed by atoms with E-state index in [1.165, 1.54) is 31.6 Å². The first-order valence-corrected chi connectivity index (χ1v) is 5.99. The largest absolute Gasteiger partial charge is 0.387 e. The van der Waals surface area contributed by atoms with Crippen LogP contribution in [0.4, 0.5) is 5.69 Å². The summed E-state index contributed by atoms with van der Waals surface area (Å²) < 4.78 is 0. The summed E-state index contributed by atoms with van der Waals surface area (Å²) in [4.78, 5) is 2.40. The Morgan fingerprint density at radius 1 is 1.25 bits per heavy atom. The molecule has 0 aliphatic carbocycles. The number of nitrogens with one attached hydrogen (secondary N) is 1. The van der Waals surface area contributed by atoms with Gasteiger partial charge in [-0.1, -0.05) is 12.1 Å². The molecule has 88 valence electrons. The molecule has 1 aromatic rings. The summed E-state index contributed by atoms with van der Waals surface area (Å²) in [6, 6.07) is 8.27. The summed E-state index contributed by atoms with van der Waals surface area (Å²) in [6.07, 6.45) is 2.19. The van der Waals surface area contributed by atoms with Crippen molar-refractivity contribution in [3.63, 3.8) is 0 Å². The van der Waals surface area contributed by atoms with Gasteiger partial charge in [0.25, 0.3) is 0 Å². The van der Waals surface area contributed by atoms with Crippen molar-refractivity contribution in [3.05, 3.63) is 29.8 Å². The fourth-order valence-electron chi connectivity index (χ4n) is 2.19. The highest BCUT2D eigenvalue weighted by Gasteiger charge is 2.12. The number of anilines is 1. The SMILES string of the molecule is CNCC(O)c1ccc(N2CCCC2)cc1. The number of rotatable bonds is 4. The van der Waals surface area contributed by atoms with Crippen molar-refractivity contribution in [1.29, 1.82) is 0 Å². The fraction of sp³-hybridized carbons (Fsp3) is 0.538. The third-order valence-electron chi connectivity index (χ3n) is 3.15. The number of hydrogen-bond acceptors (Lipinski definition) is 3. The number of aliphatic hydroxyl groups is 1. The van der Waals surface area contributed by atoms with Gasteiger partial charge in [0, 0.05) is 25.3 Å². The maximum Gasteiger partial charge on any atom is 0.0914 e. The summed E-state index contributed by atoms with van der Waals surface area (Å²) in [6.45, 7) is 2.93. The Kier molecular flexibility index (Phi) is 3.80. The van der Waals surface area contributed by atoms with Crippen molar-refractivity contribution in [2.24, 2.45) is 0 Å². The molecule has 0 amide bonds. The lowest BCUT2D eigenvalue weighted by molar-refractivity contribution is 0.178. The minimum atomic E-state index is -0.405. The molecule has 1 heterocycles. The second-order valence-corrected chi connectivity index (χ2v) is 4.36. The standard InChI is InChI=1S/C13H20N2O/c1-14-10-13(16)11-4-6-12(7-5-11)15-8-2-3-9-15/h4-7,13-14,16H,2-3,8-10H2,1H3. The highest BCUT2D eigenvalue weighted by atomic mass is 16.3. The lowest BCUT2D eigenvalue weighted by Crippen LogP contribution is -2.18. The molecule has 0 bridgehead atoms. The number of likely N-dealkylation sites (N-methyl/N-ethyl adjacent to an activating group) is 1. The molecule has 16 heavy (non-hydrogen) atoms. The molecule has 3 heteroatoms. The predicted octanol–water partition coefficient (Wildman–Crippen LogP) is 1.54. The zero-order chi connectivity index (χ0) is 11.4. The predicted molar refractivity (Wildman–Crippen MR) is 66.8 cm³/mol. The van der Waals surface area contributed by atoms with E-state index < -0.39 is 6.10 Å². The van der Waals surface area contributed by atoms with E-state index >= 15 is 0 Å². The maximum absolute atomic E-state index is 9.80. The van der Waals surface area contributed by atoms with Gasteiger partial charge in [-0.25, -0.2) is 0 Å². The van der Waals surface area contributed by atoms with Crippen LogP contribution in [0.15, 0.2) is 24.3 Å². The second-order valence-electron chi connectivity index (χ2n) is 4.36. The molecule has 1 aliphatic heterocycles. The molecule has 1 fully saturated rings. The molecule has 1 atom stereocenters. The van der Waals surface area contributed by atoms with Crippen molar-refractivity contribution < 1.29 is 5.11 Å². The van der Waals surface area contributed by atoms with E-state index in [1.807, 2.05) is 19.2 Å². The van der Waals surface area contributed by atoms with Crippen LogP contribution in [0, 0.1) is 0 Å². The van der Waals surface area contributed by atoms with Crippen LogP contribution in [0.1, 0.15) is 24.5 Å². The van der Waals surface area contributed by atoms with Crippen LogP contribution in [0.3, 0.4) is 0 Å². The van der Waals surface area contributed by atoms with E-state index in [0.717, 1.165) is 5.56 Å². The molecule has 1 aromatic carbocycles. The molecule has 1 unspecified atom stereocenters. The zero-order valence-electron chi connectivity index (χ0n) is 9.82. The highest BCUT2D eigenvalue weighted by molar-refractivity contribution is 5.48. The van der Waals surface area contributed by atoms with Crippen LogP contribution in [-0.2, 0) is 0 Å². The van der Waals surface area contributed by atoms with Gasteiger partial charge in [-0.3, -0.25) is 0 Å². The first-order valence-electron chi connectivity index (χ1n) is 5.99. The van der Waals surface area contributed by atoms with Gasteiger partial charge < -0.3 is 15.3 Å². The minimum absolute atomic E-state index is 0.405. The molecule has 1 aliphatic rings. The first-order chi connectivity index (χ1) is 7.81. The molecule has 1 saturated heterocycles. The van der Waals surface area contributed by atoms with Crippen LogP contribution in [0.2, 0.25) is 0 Å². The molecule has 0 aromatic heterocycles. The van der Waals surface area contributed by atoms with Gasteiger partial charge in [-0.2, -0.15) is 0 Å². The normalized spacial score (nSPS) is 17.8. The summed E-state index contributed by atoms with van der Waals surface area (Å²) >= 11 is 0. The average molecular weight is 220 g/mol. The highest BCUT2D eigenvalue weighted by Crippen LogP contribution is 2.22. The minimum Gasteiger partial charge on any atom is -0.387 e. The number of aliphatic hydroxyl groups excluding tert-OH is 1. The summed E-state index contributed by atoms with van der Waals surface area (Å²) in [5.74, 6) is 0. The van der Waals surface area contributed by atoms with E-state index in [0.29, 0.717) is 6.54 Å². The Morgan fingerprint density at radius 2 is 1.88 bits per heavy atom. The third kappa shape index (κ3) is 2.54. The molecule has 0 spiro atoms. The van der Waals surface area contributed by atoms with E-state index in [2.05, 4.69) is 22.3 Å². The second kappa shape index (κ2) is 5.32. The van der Waals surface area contributed by atoms with E-state index in [1.54, 1.807) is 0 Å². The van der Waals surface area contributed by atoms with Gasteiger partial charge in [0.2, 0.25) is 0 Å². The lowest BCUT2D eigenvalue weighted by atomic mass is 10.1. The Morgan fingerprint density at radius 3 is 2.44 bits per heavy atom. The topological polar surface area (TPSA) is 35.5 Å². The number of benzene rings is 1. The molecule has 0 saturated carbocycles. The molecular formula is C13H20N2O. The van der Waals surface area contributed by atoms with Crippen LogP contribution < -0.4 is 10.2 Å². The fourth-order valence-corrected chi connectivity index (χ4v) is 2.19. The number of hydrogen-bond donors (Lipinski definition) is 2. The molecule has 2 rings (SSSR count). The van der Waals surface area contributed by atoms with E-state index in [-0.39, 0.29) is 0 Å². The number of nitrogens with zero attached hydrogens (tertiary/aromatic N) is 1. The van der Waals surface area contributed by atoms with Gasteiger partial charge in [0.15, 0.2) is 0 Å². The maximum atomic E-state index is 9.80. The summed E-state index contributed by atoms with van der Waals surface area (Å²) in [5, 5.41) is 12.8. The third-order valence-corrected chi connectivity index (χ3v) is 3.15. The Hall–Kier alpha value is -1.06. The van der Waals surface area contributed by atoms with Crippen LogP contribution in [0.25, 0.3) is 0 Å². The van der Waals surface area contributed by atoms with Crippen molar-refractivity contribution in [3.8, 4) is 0 Å². The molecule has 3 nitrogen and oxygen atoms in total. The van der Waals surface area contributed by atoms with Crippen LogP contribution in [-0.4, -0.2) is 31.8 Å². The van der Waals surface area contributed by atoms with E-state index in [9.17, 15) is 5.11 Å². The summed E-state index contributed by atoms with van der Waals surface area (Å²) in [5.41, 5.74) is 2.26. The molecule has 0 radical (unpaired) electrons. The van der Waals surface area contributed by atoms with Crippen LogP contribution >= 0.6 is 0 Å².